The number of nitro benzene ring substituents is 1. The number of rotatable bonds is 7. The highest BCUT2D eigenvalue weighted by molar-refractivity contribution is 7.89. The second-order valence-corrected chi connectivity index (χ2v) is 11.4. The van der Waals surface area contributed by atoms with Crippen LogP contribution in [0.2, 0.25) is 0 Å². The number of sulfonamides is 1. The summed E-state index contributed by atoms with van der Waals surface area (Å²) in [6.45, 7) is 2.88. The molecule has 0 unspecified atom stereocenters. The number of aliphatic hydroxyl groups is 1. The molecule has 196 valence electrons. The zero-order valence-corrected chi connectivity index (χ0v) is 21.3. The van der Waals surface area contributed by atoms with Crippen LogP contribution in [0.25, 0.3) is 0 Å². The minimum absolute atomic E-state index is 0.265. The zero-order valence-electron chi connectivity index (χ0n) is 20.5. The number of β-amino-alcohol motifs (C(OH)–C–C–N with tert-alkyl or cyclic N) is 1. The molecule has 11 nitrogen and oxygen atoms in total. The normalized spacial score (nSPS) is 22.2. The lowest BCUT2D eigenvalue weighted by molar-refractivity contribution is -0.387. The Morgan fingerprint density at radius 2 is 1.84 bits per heavy atom. The molecule has 2 aromatic rings. The Morgan fingerprint density at radius 1 is 1.19 bits per heavy atom. The molecule has 37 heavy (non-hydrogen) atoms. The number of nitro groups is 1. The van der Waals surface area contributed by atoms with Gasteiger partial charge in [-0.15, -0.1) is 0 Å². The van der Waals surface area contributed by atoms with Crippen molar-refractivity contribution >= 4 is 33.2 Å². The molecule has 0 aliphatic carbocycles. The number of para-hydroxylation sites is 2. The number of carbonyl (C=O) groups excluding carboxylic acids is 2. The van der Waals surface area contributed by atoms with Crippen molar-refractivity contribution in [3.63, 3.8) is 0 Å². The molecule has 0 aromatic heterocycles. The van der Waals surface area contributed by atoms with E-state index in [0.29, 0.717) is 10.0 Å². The molecule has 0 saturated carbocycles. The van der Waals surface area contributed by atoms with Crippen molar-refractivity contribution in [3.05, 3.63) is 76.0 Å². The van der Waals surface area contributed by atoms with Gasteiger partial charge >= 0.3 is 5.97 Å². The van der Waals surface area contributed by atoms with Crippen LogP contribution in [-0.4, -0.2) is 66.9 Å². The number of hydrogen-bond acceptors (Lipinski definition) is 9. The first kappa shape index (κ1) is 26.5. The number of likely N-dealkylation sites (N-methyl/N-ethyl adjacent to an activating group) is 1. The monoisotopic (exact) mass is 529 g/mol. The molecule has 0 spiro atoms. The molecule has 1 N–H and O–H groups in total. The molecule has 2 heterocycles. The average Bonchev–Trinajstić information content (AvgIpc) is 3.35. The van der Waals surface area contributed by atoms with E-state index < -0.39 is 68.0 Å². The second-order valence-electron chi connectivity index (χ2n) is 9.51. The third-order valence-corrected chi connectivity index (χ3v) is 8.67. The van der Waals surface area contributed by atoms with Crippen molar-refractivity contribution in [1.29, 1.82) is 0 Å². The van der Waals surface area contributed by atoms with Crippen LogP contribution >= 0.6 is 0 Å². The number of ether oxygens (including phenoxy) is 1. The van der Waals surface area contributed by atoms with E-state index in [1.54, 1.807) is 0 Å². The SMILES string of the molecule is CN1/C(=C\C(=O)COC(=O)[C@@H]2C[C@H](O)CN2S(=O)(=O)c2ccccc2[N+](=O)[O-])C(C)(C)c2ccccc21. The van der Waals surface area contributed by atoms with E-state index >= 15 is 0 Å². The summed E-state index contributed by atoms with van der Waals surface area (Å²) in [4.78, 5) is 37.4. The fraction of sp³-hybridized carbons (Fsp3) is 0.360. The molecule has 0 radical (unpaired) electrons. The second kappa shape index (κ2) is 9.69. The molecule has 2 atom stereocenters. The number of anilines is 1. The van der Waals surface area contributed by atoms with Crippen molar-refractivity contribution in [2.75, 3.05) is 25.1 Å². The molecule has 12 heteroatoms. The largest absolute Gasteiger partial charge is 0.456 e. The van der Waals surface area contributed by atoms with E-state index in [2.05, 4.69) is 0 Å². The maximum absolute atomic E-state index is 13.2. The van der Waals surface area contributed by atoms with Crippen LogP contribution in [0.5, 0.6) is 0 Å². The maximum Gasteiger partial charge on any atom is 0.325 e. The van der Waals surface area contributed by atoms with Crippen LogP contribution in [0, 0.1) is 10.1 Å². The first-order valence-corrected chi connectivity index (χ1v) is 13.0. The number of esters is 1. The maximum atomic E-state index is 13.2. The summed E-state index contributed by atoms with van der Waals surface area (Å²) in [7, 11) is -2.69. The van der Waals surface area contributed by atoms with Crippen molar-refractivity contribution in [2.45, 2.75) is 42.7 Å². The number of fused-ring (bicyclic) bond motifs is 1. The first-order chi connectivity index (χ1) is 17.4. The lowest BCUT2D eigenvalue weighted by Crippen LogP contribution is -2.42. The Balaban J connectivity index is 1.50. The lowest BCUT2D eigenvalue weighted by Gasteiger charge is -2.24. The van der Waals surface area contributed by atoms with Gasteiger partial charge < -0.3 is 14.7 Å². The number of allylic oxidation sites excluding steroid dienone is 1. The van der Waals surface area contributed by atoms with E-state index in [0.717, 1.165) is 23.4 Å². The predicted molar refractivity (Wildman–Crippen MR) is 133 cm³/mol. The minimum Gasteiger partial charge on any atom is -0.456 e. The Morgan fingerprint density at radius 3 is 2.51 bits per heavy atom. The van der Waals surface area contributed by atoms with Gasteiger partial charge in [-0.05, 0) is 17.7 Å². The van der Waals surface area contributed by atoms with Crippen LogP contribution < -0.4 is 4.90 Å². The Hall–Kier alpha value is -3.61. The minimum atomic E-state index is -4.52. The number of ketones is 1. The molecule has 1 saturated heterocycles. The molecule has 2 aromatic carbocycles. The average molecular weight is 530 g/mol. The van der Waals surface area contributed by atoms with E-state index in [9.17, 15) is 33.2 Å². The van der Waals surface area contributed by atoms with Crippen LogP contribution in [0.15, 0.2) is 65.2 Å². The highest BCUT2D eigenvalue weighted by atomic mass is 32.2. The molecule has 0 amide bonds. The summed E-state index contributed by atoms with van der Waals surface area (Å²) in [5.41, 5.74) is 1.60. The van der Waals surface area contributed by atoms with Crippen LogP contribution in [0.3, 0.4) is 0 Å². The number of nitrogens with zero attached hydrogens (tertiary/aromatic N) is 3. The zero-order chi connectivity index (χ0) is 27.1. The van der Waals surface area contributed by atoms with Gasteiger partial charge in [0.25, 0.3) is 15.7 Å². The van der Waals surface area contributed by atoms with Gasteiger partial charge in [0.15, 0.2) is 17.3 Å². The lowest BCUT2D eigenvalue weighted by atomic mass is 9.83. The molecule has 2 aliphatic heterocycles. The highest BCUT2D eigenvalue weighted by Crippen LogP contribution is 2.46. The van der Waals surface area contributed by atoms with Gasteiger partial charge in [-0.1, -0.05) is 44.2 Å². The van der Waals surface area contributed by atoms with Crippen LogP contribution in [0.4, 0.5) is 11.4 Å². The summed E-state index contributed by atoms with van der Waals surface area (Å²) < 4.78 is 32.3. The molecular weight excluding hydrogens is 502 g/mol. The van der Waals surface area contributed by atoms with E-state index in [-0.39, 0.29) is 6.42 Å². The van der Waals surface area contributed by atoms with E-state index in [1.165, 1.54) is 18.2 Å². The van der Waals surface area contributed by atoms with Crippen LogP contribution in [-0.2, 0) is 29.8 Å². The predicted octanol–water partition coefficient (Wildman–Crippen LogP) is 2.14. The Labute approximate surface area is 214 Å². The molecule has 1 fully saturated rings. The van der Waals surface area contributed by atoms with Gasteiger partial charge in [-0.2, -0.15) is 4.31 Å². The van der Waals surface area contributed by atoms with Crippen molar-refractivity contribution in [2.24, 2.45) is 0 Å². The number of hydrogen-bond donors (Lipinski definition) is 1. The van der Waals surface area contributed by atoms with Crippen LogP contribution in [0.1, 0.15) is 25.8 Å². The fourth-order valence-electron chi connectivity index (χ4n) is 4.91. The van der Waals surface area contributed by atoms with Crippen molar-refractivity contribution < 1.29 is 32.8 Å². The summed E-state index contributed by atoms with van der Waals surface area (Å²) in [5, 5.41) is 21.5. The third kappa shape index (κ3) is 4.75. The van der Waals surface area contributed by atoms with Gasteiger partial charge in [0.2, 0.25) is 0 Å². The van der Waals surface area contributed by atoms with Gasteiger partial charge in [0.1, 0.15) is 6.04 Å². The summed E-state index contributed by atoms with van der Waals surface area (Å²) >= 11 is 0. The standard InChI is InChI=1S/C25H27N3O8S/c1-25(2)18-8-4-5-9-19(18)26(3)23(25)13-17(30)15-36-24(31)21-12-16(29)14-27(21)37(34,35)22-11-7-6-10-20(22)28(32)33/h4-11,13,16,21,29H,12,14-15H2,1-3H3/b23-13-/t16-,21-/m0/s1. The van der Waals surface area contributed by atoms with E-state index in [1.807, 2.05) is 50.1 Å². The number of carbonyl (C=O) groups is 2. The Kier molecular flexibility index (Phi) is 6.93. The van der Waals surface area contributed by atoms with Crippen molar-refractivity contribution in [3.8, 4) is 0 Å². The summed E-state index contributed by atoms with van der Waals surface area (Å²) in [5.74, 6) is -1.52. The smallest absolute Gasteiger partial charge is 0.325 e. The topological polar surface area (TPSA) is 147 Å². The van der Waals surface area contributed by atoms with Gasteiger partial charge in [-0.3, -0.25) is 19.7 Å². The molecule has 2 aliphatic rings. The summed E-state index contributed by atoms with van der Waals surface area (Å²) in [6, 6.07) is 11.1. The summed E-state index contributed by atoms with van der Waals surface area (Å²) in [6.07, 6.45) is -0.0446. The highest BCUT2D eigenvalue weighted by Gasteiger charge is 2.46. The van der Waals surface area contributed by atoms with Gasteiger partial charge in [-0.25, -0.2) is 8.42 Å². The first-order valence-electron chi connectivity index (χ1n) is 11.5. The quantitative estimate of drug-likeness (QED) is 0.246. The fourth-order valence-corrected chi connectivity index (χ4v) is 6.69. The third-order valence-electron chi connectivity index (χ3n) is 6.75. The molecular formula is C25H27N3O8S. The molecule has 0 bridgehead atoms. The molecule has 4 rings (SSSR count). The van der Waals surface area contributed by atoms with Crippen molar-refractivity contribution in [1.82, 2.24) is 4.31 Å². The number of aliphatic hydroxyl groups excluding tert-OH is 1. The van der Waals surface area contributed by atoms with Gasteiger partial charge in [0.05, 0.1) is 11.0 Å². The number of benzene rings is 2. The van der Waals surface area contributed by atoms with Gasteiger partial charge in [0, 0.05) is 49.0 Å². The van der Waals surface area contributed by atoms with E-state index in [4.69, 9.17) is 4.74 Å². The Bertz CT molecular complexity index is 1400.